The fourth-order valence-electron chi connectivity index (χ4n) is 3.16. The third kappa shape index (κ3) is 4.25. The molecule has 0 aliphatic carbocycles. The SMILES string of the molecule is CN(C)[C@H]1CCN(c2c(Cl)cc(C(F)(F)F)cc2/C=C2\SC(=O)NC2=O)C1. The molecule has 0 saturated carbocycles. The number of imide groups is 1. The fourth-order valence-corrected chi connectivity index (χ4v) is 4.18. The molecule has 2 aliphatic heterocycles. The summed E-state index contributed by atoms with van der Waals surface area (Å²) in [6.07, 6.45) is -2.44. The highest BCUT2D eigenvalue weighted by molar-refractivity contribution is 8.18. The van der Waals surface area contributed by atoms with Gasteiger partial charge < -0.3 is 9.80 Å². The molecule has 2 saturated heterocycles. The van der Waals surface area contributed by atoms with Gasteiger partial charge in [0.25, 0.3) is 11.1 Å². The van der Waals surface area contributed by atoms with Crippen LogP contribution in [0, 0.1) is 0 Å². The number of likely N-dealkylation sites (N-methyl/N-ethyl adjacent to an activating group) is 1. The number of halogens is 4. The van der Waals surface area contributed by atoms with Crippen molar-refractivity contribution in [2.45, 2.75) is 18.6 Å². The molecule has 27 heavy (non-hydrogen) atoms. The van der Waals surface area contributed by atoms with Gasteiger partial charge in [-0.05, 0) is 50.5 Å². The summed E-state index contributed by atoms with van der Waals surface area (Å²) < 4.78 is 39.7. The normalized spacial score (nSPS) is 22.3. The van der Waals surface area contributed by atoms with E-state index in [9.17, 15) is 22.8 Å². The zero-order valence-corrected chi connectivity index (χ0v) is 16.1. The van der Waals surface area contributed by atoms with Crippen LogP contribution in [0.3, 0.4) is 0 Å². The molecular formula is C17H17ClF3N3O2S. The molecule has 2 amide bonds. The Morgan fingerprint density at radius 3 is 2.56 bits per heavy atom. The van der Waals surface area contributed by atoms with Crippen LogP contribution >= 0.6 is 23.4 Å². The van der Waals surface area contributed by atoms with E-state index in [1.165, 1.54) is 6.08 Å². The number of thioether (sulfide) groups is 1. The predicted octanol–water partition coefficient (Wildman–Crippen LogP) is 3.82. The van der Waals surface area contributed by atoms with E-state index in [1.807, 2.05) is 19.0 Å². The lowest BCUT2D eigenvalue weighted by Gasteiger charge is -2.25. The molecule has 1 aromatic carbocycles. The number of benzene rings is 1. The second-order valence-electron chi connectivity index (χ2n) is 6.60. The summed E-state index contributed by atoms with van der Waals surface area (Å²) in [5.41, 5.74) is -0.294. The van der Waals surface area contributed by atoms with E-state index < -0.39 is 22.9 Å². The third-order valence-electron chi connectivity index (χ3n) is 4.56. The van der Waals surface area contributed by atoms with Crippen molar-refractivity contribution in [3.8, 4) is 0 Å². The molecule has 1 N–H and O–H groups in total. The number of nitrogens with one attached hydrogen (secondary N) is 1. The molecule has 5 nitrogen and oxygen atoms in total. The number of hydrogen-bond donors (Lipinski definition) is 1. The first-order valence-electron chi connectivity index (χ1n) is 8.13. The first kappa shape index (κ1) is 20.0. The number of alkyl halides is 3. The minimum absolute atomic E-state index is 0.0363. The van der Waals surface area contributed by atoms with Crippen molar-refractivity contribution in [3.05, 3.63) is 33.2 Å². The van der Waals surface area contributed by atoms with Crippen molar-refractivity contribution in [1.29, 1.82) is 0 Å². The van der Waals surface area contributed by atoms with Crippen LogP contribution in [0.15, 0.2) is 17.0 Å². The molecule has 2 fully saturated rings. The number of anilines is 1. The topological polar surface area (TPSA) is 52.6 Å². The lowest BCUT2D eigenvalue weighted by molar-refractivity contribution is -0.137. The van der Waals surface area contributed by atoms with Crippen LogP contribution < -0.4 is 10.2 Å². The third-order valence-corrected chi connectivity index (χ3v) is 5.66. The molecular weight excluding hydrogens is 403 g/mol. The molecule has 146 valence electrons. The van der Waals surface area contributed by atoms with E-state index in [0.717, 1.165) is 18.6 Å². The van der Waals surface area contributed by atoms with Crippen molar-refractivity contribution >= 4 is 46.3 Å². The van der Waals surface area contributed by atoms with Gasteiger partial charge in [-0.2, -0.15) is 13.2 Å². The molecule has 2 aliphatic rings. The maximum atomic E-state index is 13.2. The lowest BCUT2D eigenvalue weighted by Crippen LogP contribution is -2.31. The Balaban J connectivity index is 2.08. The molecule has 3 rings (SSSR count). The highest BCUT2D eigenvalue weighted by Crippen LogP contribution is 2.41. The van der Waals surface area contributed by atoms with Crippen molar-refractivity contribution in [2.75, 3.05) is 32.1 Å². The molecule has 10 heteroatoms. The monoisotopic (exact) mass is 419 g/mol. The van der Waals surface area contributed by atoms with Crippen LogP contribution in [0.2, 0.25) is 5.02 Å². The zero-order valence-electron chi connectivity index (χ0n) is 14.6. The summed E-state index contributed by atoms with van der Waals surface area (Å²) in [6, 6.07) is 2.11. The van der Waals surface area contributed by atoms with Gasteiger partial charge in [-0.25, -0.2) is 0 Å². The van der Waals surface area contributed by atoms with Gasteiger partial charge >= 0.3 is 6.18 Å². The van der Waals surface area contributed by atoms with Gasteiger partial charge in [-0.1, -0.05) is 11.6 Å². The average Bonchev–Trinajstić information content (AvgIpc) is 3.13. The Labute approximate surface area is 163 Å². The smallest absolute Gasteiger partial charge is 0.368 e. The van der Waals surface area contributed by atoms with Crippen molar-refractivity contribution in [3.63, 3.8) is 0 Å². The van der Waals surface area contributed by atoms with Gasteiger partial charge in [0.15, 0.2) is 0 Å². The van der Waals surface area contributed by atoms with Crippen LogP contribution in [-0.4, -0.2) is 49.3 Å². The number of rotatable bonds is 3. The Morgan fingerprint density at radius 2 is 2.04 bits per heavy atom. The Bertz CT molecular complexity index is 826. The number of hydrogen-bond acceptors (Lipinski definition) is 5. The molecule has 0 unspecified atom stereocenters. The number of carbonyl (C=O) groups excluding carboxylic acids is 2. The minimum Gasteiger partial charge on any atom is -0.368 e. The van der Waals surface area contributed by atoms with Gasteiger partial charge in [-0.3, -0.25) is 14.9 Å². The van der Waals surface area contributed by atoms with E-state index in [1.54, 1.807) is 0 Å². The zero-order chi connectivity index (χ0) is 19.9. The summed E-state index contributed by atoms with van der Waals surface area (Å²) in [7, 11) is 3.88. The van der Waals surface area contributed by atoms with Gasteiger partial charge in [-0.15, -0.1) is 0 Å². The second-order valence-corrected chi connectivity index (χ2v) is 8.02. The van der Waals surface area contributed by atoms with Gasteiger partial charge in [0.1, 0.15) is 0 Å². The Hall–Kier alpha value is -1.71. The van der Waals surface area contributed by atoms with Gasteiger partial charge in [0, 0.05) is 24.7 Å². The molecule has 0 radical (unpaired) electrons. The van der Waals surface area contributed by atoms with E-state index >= 15 is 0 Å². The highest BCUT2D eigenvalue weighted by Gasteiger charge is 2.34. The summed E-state index contributed by atoms with van der Waals surface area (Å²) in [4.78, 5) is 27.2. The molecule has 2 heterocycles. The van der Waals surface area contributed by atoms with E-state index in [-0.39, 0.29) is 21.5 Å². The van der Waals surface area contributed by atoms with Crippen molar-refractivity contribution in [2.24, 2.45) is 0 Å². The van der Waals surface area contributed by atoms with Gasteiger partial charge in [0.2, 0.25) is 0 Å². The Kier molecular flexibility index (Phi) is 5.47. The quantitative estimate of drug-likeness (QED) is 0.755. The van der Waals surface area contributed by atoms with Crippen LogP contribution in [0.25, 0.3) is 6.08 Å². The summed E-state index contributed by atoms with van der Waals surface area (Å²) in [5.74, 6) is -0.628. The van der Waals surface area contributed by atoms with Gasteiger partial charge in [0.05, 0.1) is 21.2 Å². The maximum absolute atomic E-state index is 13.2. The standard InChI is InChI=1S/C17H17ClF3N3O2S/c1-23(2)11-3-4-24(8-11)14-9(6-13-15(25)22-16(26)27-13)5-10(7-12(14)18)17(19,20)21/h5-7,11H,3-4,8H2,1-2H3,(H,22,25,26)/b13-6-/t11-/m0/s1. The first-order valence-corrected chi connectivity index (χ1v) is 9.32. The van der Waals surface area contributed by atoms with Crippen LogP contribution in [0.5, 0.6) is 0 Å². The molecule has 0 bridgehead atoms. The first-order chi connectivity index (χ1) is 12.6. The summed E-state index contributed by atoms with van der Waals surface area (Å²) in [6.45, 7) is 1.23. The number of nitrogens with zero attached hydrogens (tertiary/aromatic N) is 2. The minimum atomic E-state index is -4.58. The number of amides is 2. The van der Waals surface area contributed by atoms with Crippen LogP contribution in [0.4, 0.5) is 23.7 Å². The fraction of sp³-hybridized carbons (Fsp3) is 0.412. The van der Waals surface area contributed by atoms with Crippen molar-refractivity contribution < 1.29 is 22.8 Å². The van der Waals surface area contributed by atoms with Crippen LogP contribution in [-0.2, 0) is 11.0 Å². The molecule has 1 atom stereocenters. The average molecular weight is 420 g/mol. The van der Waals surface area contributed by atoms with Crippen molar-refractivity contribution in [1.82, 2.24) is 10.2 Å². The lowest BCUT2D eigenvalue weighted by atomic mass is 10.1. The largest absolute Gasteiger partial charge is 0.416 e. The Morgan fingerprint density at radius 1 is 1.33 bits per heavy atom. The highest BCUT2D eigenvalue weighted by atomic mass is 35.5. The summed E-state index contributed by atoms with van der Waals surface area (Å²) >= 11 is 6.89. The predicted molar refractivity (Wildman–Crippen MR) is 99.9 cm³/mol. The van der Waals surface area contributed by atoms with E-state index in [0.29, 0.717) is 30.5 Å². The molecule has 0 spiro atoms. The van der Waals surface area contributed by atoms with E-state index in [2.05, 4.69) is 10.2 Å². The van der Waals surface area contributed by atoms with E-state index in [4.69, 9.17) is 11.6 Å². The number of carbonyl (C=O) groups is 2. The summed E-state index contributed by atoms with van der Waals surface area (Å²) in [5, 5.41) is 1.51. The molecule has 0 aromatic heterocycles. The van der Waals surface area contributed by atoms with Crippen LogP contribution in [0.1, 0.15) is 17.5 Å². The molecule has 1 aromatic rings. The maximum Gasteiger partial charge on any atom is 0.416 e. The second kappa shape index (κ2) is 7.37.